The predicted octanol–water partition coefficient (Wildman–Crippen LogP) is 4.24. The fourth-order valence-electron chi connectivity index (χ4n) is 3.20. The lowest BCUT2D eigenvalue weighted by Gasteiger charge is -2.08. The van der Waals surface area contributed by atoms with Crippen molar-refractivity contribution in [1.29, 1.82) is 0 Å². The van der Waals surface area contributed by atoms with Gasteiger partial charge in [-0.2, -0.15) is 5.10 Å². The fourth-order valence-corrected chi connectivity index (χ4v) is 4.00. The molecule has 7 nitrogen and oxygen atoms in total. The molecule has 0 unspecified atom stereocenters. The Balaban J connectivity index is 1.53. The van der Waals surface area contributed by atoms with Gasteiger partial charge in [-0.1, -0.05) is 42.1 Å². The number of amides is 1. The summed E-state index contributed by atoms with van der Waals surface area (Å²) in [5.41, 5.74) is 3.26. The number of thioether (sulfide) groups is 1. The van der Waals surface area contributed by atoms with E-state index in [9.17, 15) is 9.18 Å². The molecule has 158 valence electrons. The number of nitrogens with one attached hydrogen (secondary N) is 1. The molecular formula is C22H21FN6OS. The first kappa shape index (κ1) is 20.8. The highest BCUT2D eigenvalue weighted by Gasteiger charge is 2.20. The van der Waals surface area contributed by atoms with Gasteiger partial charge in [0.05, 0.1) is 11.3 Å². The third-order valence-electron chi connectivity index (χ3n) is 4.61. The van der Waals surface area contributed by atoms with Crippen LogP contribution in [0.5, 0.6) is 0 Å². The Morgan fingerprint density at radius 3 is 2.55 bits per heavy atom. The Labute approximate surface area is 183 Å². The van der Waals surface area contributed by atoms with E-state index in [0.29, 0.717) is 23.2 Å². The lowest BCUT2D eigenvalue weighted by Crippen LogP contribution is -2.14. The molecule has 1 amide bonds. The van der Waals surface area contributed by atoms with Crippen LogP contribution in [0.1, 0.15) is 6.92 Å². The highest BCUT2D eigenvalue weighted by molar-refractivity contribution is 7.99. The zero-order valence-corrected chi connectivity index (χ0v) is 17.9. The van der Waals surface area contributed by atoms with E-state index in [-0.39, 0.29) is 17.5 Å². The van der Waals surface area contributed by atoms with Crippen LogP contribution in [0.3, 0.4) is 0 Å². The molecule has 1 N–H and O–H groups in total. The van der Waals surface area contributed by atoms with Gasteiger partial charge in [-0.3, -0.25) is 9.48 Å². The molecule has 31 heavy (non-hydrogen) atoms. The minimum atomic E-state index is -0.346. The van der Waals surface area contributed by atoms with E-state index in [1.54, 1.807) is 4.68 Å². The van der Waals surface area contributed by atoms with Crippen molar-refractivity contribution in [3.05, 3.63) is 66.6 Å². The number of hydrogen-bond donors (Lipinski definition) is 1. The smallest absolute Gasteiger partial charge is 0.234 e. The molecule has 0 aliphatic carbocycles. The third-order valence-corrected chi connectivity index (χ3v) is 5.58. The van der Waals surface area contributed by atoms with Crippen molar-refractivity contribution in [3.63, 3.8) is 0 Å². The van der Waals surface area contributed by atoms with E-state index in [1.807, 2.05) is 55.1 Å². The van der Waals surface area contributed by atoms with Crippen molar-refractivity contribution in [2.75, 3.05) is 11.1 Å². The average molecular weight is 437 g/mol. The van der Waals surface area contributed by atoms with Gasteiger partial charge in [0.2, 0.25) is 5.91 Å². The number of rotatable bonds is 7. The third kappa shape index (κ3) is 4.66. The van der Waals surface area contributed by atoms with Crippen LogP contribution in [-0.2, 0) is 18.4 Å². The largest absolute Gasteiger partial charge is 0.325 e. The van der Waals surface area contributed by atoms with Crippen LogP contribution in [0.25, 0.3) is 22.6 Å². The second kappa shape index (κ2) is 9.13. The Kier molecular flexibility index (Phi) is 6.13. The van der Waals surface area contributed by atoms with Crippen molar-refractivity contribution in [1.82, 2.24) is 24.5 Å². The molecule has 2 aromatic heterocycles. The first-order valence-electron chi connectivity index (χ1n) is 9.76. The topological polar surface area (TPSA) is 77.6 Å². The Bertz CT molecular complexity index is 1190. The Hall–Kier alpha value is -3.46. The number of aromatic nitrogens is 5. The van der Waals surface area contributed by atoms with Gasteiger partial charge in [0.15, 0.2) is 11.0 Å². The van der Waals surface area contributed by atoms with Crippen molar-refractivity contribution < 1.29 is 9.18 Å². The zero-order chi connectivity index (χ0) is 21.8. The van der Waals surface area contributed by atoms with Crippen LogP contribution in [0.2, 0.25) is 0 Å². The number of aryl methyl sites for hydroxylation is 1. The molecule has 0 saturated heterocycles. The van der Waals surface area contributed by atoms with E-state index in [4.69, 9.17) is 0 Å². The monoisotopic (exact) mass is 436 g/mol. The highest BCUT2D eigenvalue weighted by Crippen LogP contribution is 2.31. The van der Waals surface area contributed by atoms with E-state index in [2.05, 4.69) is 20.6 Å². The van der Waals surface area contributed by atoms with E-state index in [0.717, 1.165) is 16.8 Å². The number of benzene rings is 2. The van der Waals surface area contributed by atoms with Gasteiger partial charge in [-0.05, 0) is 31.2 Å². The Morgan fingerprint density at radius 2 is 1.84 bits per heavy atom. The van der Waals surface area contributed by atoms with Gasteiger partial charge in [0.25, 0.3) is 0 Å². The van der Waals surface area contributed by atoms with Gasteiger partial charge in [-0.15, -0.1) is 10.2 Å². The molecule has 2 heterocycles. The minimum Gasteiger partial charge on any atom is -0.325 e. The van der Waals surface area contributed by atoms with Crippen LogP contribution >= 0.6 is 11.8 Å². The van der Waals surface area contributed by atoms with Gasteiger partial charge in [0.1, 0.15) is 11.5 Å². The molecule has 0 aliphatic rings. The second-order valence-electron chi connectivity index (χ2n) is 6.83. The van der Waals surface area contributed by atoms with Crippen molar-refractivity contribution in [2.45, 2.75) is 18.6 Å². The molecule has 0 spiro atoms. The summed E-state index contributed by atoms with van der Waals surface area (Å²) in [6.07, 6.45) is 1.92. The van der Waals surface area contributed by atoms with Crippen LogP contribution in [0, 0.1) is 5.82 Å². The molecule has 0 aliphatic heterocycles. The lowest BCUT2D eigenvalue weighted by atomic mass is 10.1. The Morgan fingerprint density at radius 1 is 1.10 bits per heavy atom. The number of anilines is 1. The molecule has 4 rings (SSSR count). The molecule has 9 heteroatoms. The number of halogens is 1. The molecule has 0 fully saturated rings. The first-order valence-corrected chi connectivity index (χ1v) is 10.7. The molecule has 4 aromatic rings. The summed E-state index contributed by atoms with van der Waals surface area (Å²) in [6.45, 7) is 2.65. The predicted molar refractivity (Wildman–Crippen MR) is 119 cm³/mol. The summed E-state index contributed by atoms with van der Waals surface area (Å²) >= 11 is 1.30. The maximum absolute atomic E-state index is 13.0. The molecule has 0 atom stereocenters. The quantitative estimate of drug-likeness (QED) is 0.439. The number of hydrogen-bond acceptors (Lipinski definition) is 5. The van der Waals surface area contributed by atoms with E-state index in [1.165, 1.54) is 36.0 Å². The summed E-state index contributed by atoms with van der Waals surface area (Å²) in [5.74, 6) is 0.320. The van der Waals surface area contributed by atoms with Crippen LogP contribution < -0.4 is 5.32 Å². The van der Waals surface area contributed by atoms with Gasteiger partial charge in [-0.25, -0.2) is 4.39 Å². The number of carbonyl (C=O) groups excluding carboxylic acids is 1. The summed E-state index contributed by atoms with van der Waals surface area (Å²) in [5, 5.41) is 16.7. The standard InChI is InChI=1S/C22H21FN6OS/c1-3-29-21(18-13-28(2)27-20(18)15-7-5-4-6-8-15)25-26-22(29)31-14-19(30)24-17-11-9-16(23)10-12-17/h4-13H,3,14H2,1-2H3,(H,24,30). The van der Waals surface area contributed by atoms with E-state index >= 15 is 0 Å². The second-order valence-corrected chi connectivity index (χ2v) is 7.77. The number of carbonyl (C=O) groups is 1. The molecule has 0 radical (unpaired) electrons. The van der Waals surface area contributed by atoms with Gasteiger partial charge in [0, 0.05) is 31.0 Å². The maximum Gasteiger partial charge on any atom is 0.234 e. The molecule has 0 bridgehead atoms. The highest BCUT2D eigenvalue weighted by atomic mass is 32.2. The van der Waals surface area contributed by atoms with Gasteiger partial charge >= 0.3 is 0 Å². The lowest BCUT2D eigenvalue weighted by molar-refractivity contribution is -0.113. The first-order chi connectivity index (χ1) is 15.0. The van der Waals surface area contributed by atoms with Crippen molar-refractivity contribution in [2.24, 2.45) is 7.05 Å². The zero-order valence-electron chi connectivity index (χ0n) is 17.1. The summed E-state index contributed by atoms with van der Waals surface area (Å²) < 4.78 is 16.7. The molecular weight excluding hydrogens is 415 g/mol. The minimum absolute atomic E-state index is 0.161. The normalized spacial score (nSPS) is 10.9. The number of nitrogens with zero attached hydrogens (tertiary/aromatic N) is 5. The maximum atomic E-state index is 13.0. The summed E-state index contributed by atoms with van der Waals surface area (Å²) in [7, 11) is 1.87. The fraction of sp³-hybridized carbons (Fsp3) is 0.182. The van der Waals surface area contributed by atoms with Crippen LogP contribution in [0.4, 0.5) is 10.1 Å². The van der Waals surface area contributed by atoms with E-state index < -0.39 is 0 Å². The van der Waals surface area contributed by atoms with Crippen molar-refractivity contribution >= 4 is 23.4 Å². The van der Waals surface area contributed by atoms with Crippen LogP contribution in [-0.4, -0.2) is 36.2 Å². The summed E-state index contributed by atoms with van der Waals surface area (Å²) in [6, 6.07) is 15.6. The van der Waals surface area contributed by atoms with Crippen LogP contribution in [0.15, 0.2) is 66.0 Å². The van der Waals surface area contributed by atoms with Gasteiger partial charge < -0.3 is 9.88 Å². The summed E-state index contributed by atoms with van der Waals surface area (Å²) in [4.78, 5) is 12.3. The average Bonchev–Trinajstić information content (AvgIpc) is 3.37. The molecule has 0 saturated carbocycles. The SMILES string of the molecule is CCn1c(SCC(=O)Nc2ccc(F)cc2)nnc1-c1cn(C)nc1-c1ccccc1. The molecule has 2 aromatic carbocycles. The van der Waals surface area contributed by atoms with Crippen molar-refractivity contribution in [3.8, 4) is 22.6 Å².